The lowest BCUT2D eigenvalue weighted by Crippen LogP contribution is -2.32. The molecule has 0 aromatic heterocycles. The van der Waals surface area contributed by atoms with Crippen LogP contribution in [0.1, 0.15) is 6.92 Å². The van der Waals surface area contributed by atoms with E-state index in [0.717, 1.165) is 5.75 Å². The minimum atomic E-state index is -2.50. The highest BCUT2D eigenvalue weighted by molar-refractivity contribution is 14.1. The van der Waals surface area contributed by atoms with Gasteiger partial charge in [-0.05, 0) is 40.9 Å². The summed E-state index contributed by atoms with van der Waals surface area (Å²) >= 11 is 8.09. The number of para-hydroxylation sites is 1. The van der Waals surface area contributed by atoms with E-state index in [-0.39, 0.29) is 0 Å². The van der Waals surface area contributed by atoms with Crippen LogP contribution < -0.4 is 4.43 Å². The molecule has 0 amide bonds. The fourth-order valence-electron chi connectivity index (χ4n) is 0.823. The highest BCUT2D eigenvalue weighted by Gasteiger charge is 2.34. The van der Waals surface area contributed by atoms with Crippen LogP contribution in [-0.2, 0) is 4.43 Å². The van der Waals surface area contributed by atoms with Crippen molar-refractivity contribution >= 4 is 38.2 Å². The van der Waals surface area contributed by atoms with E-state index in [1.54, 1.807) is 0 Å². The van der Waals surface area contributed by atoms with Crippen molar-refractivity contribution in [3.8, 4) is 5.75 Å². The van der Waals surface area contributed by atoms with E-state index in [2.05, 4.69) is 0 Å². The van der Waals surface area contributed by atoms with Crippen molar-refractivity contribution in [1.82, 2.24) is 0 Å². The lowest BCUT2D eigenvalue weighted by atomic mass is 10.3. The second-order valence-corrected chi connectivity index (χ2v) is 11.4. The summed E-state index contributed by atoms with van der Waals surface area (Å²) in [4.78, 5) is 0. The van der Waals surface area contributed by atoms with E-state index in [0.29, 0.717) is 6.61 Å². The summed E-state index contributed by atoms with van der Waals surface area (Å²) in [5.41, 5.74) is 0. The second-order valence-electron chi connectivity index (χ2n) is 2.31. The fourth-order valence-corrected chi connectivity index (χ4v) is 3.92. The third kappa shape index (κ3) is 4.30. The molecule has 0 bridgehead atoms. The molecule has 0 saturated carbocycles. The molecule has 1 unspecified atom stereocenters. The highest BCUT2D eigenvalue weighted by Crippen LogP contribution is 2.24. The van der Waals surface area contributed by atoms with Gasteiger partial charge in [0.05, 0.1) is 0 Å². The molecule has 13 heavy (non-hydrogen) atoms. The molecule has 1 atom stereocenters. The Morgan fingerprint density at radius 2 is 2.00 bits per heavy atom. The molecule has 0 heterocycles. The molecule has 0 radical (unpaired) electrons. The van der Waals surface area contributed by atoms with E-state index in [9.17, 15) is 0 Å². The molecule has 0 saturated heterocycles. The van der Waals surface area contributed by atoms with Gasteiger partial charge in [0.1, 0.15) is 5.75 Å². The zero-order valence-electron chi connectivity index (χ0n) is 7.17. The van der Waals surface area contributed by atoms with E-state index in [1.165, 1.54) is 0 Å². The average Bonchev–Trinajstić information content (AvgIpc) is 2.04. The number of hydrogen-bond acceptors (Lipinski definition) is 2. The molecular formula is C8H10ClIO2Si. The molecule has 0 spiro atoms. The Bertz CT molecular complexity index is 256. The first-order valence-electron chi connectivity index (χ1n) is 3.90. The van der Waals surface area contributed by atoms with Crippen LogP contribution in [0.2, 0.25) is 0 Å². The van der Waals surface area contributed by atoms with Crippen molar-refractivity contribution < 1.29 is 8.85 Å². The Balaban J connectivity index is 2.58. The minimum absolute atomic E-state index is 0.575. The van der Waals surface area contributed by atoms with Gasteiger partial charge in [0.25, 0.3) is 0 Å². The monoisotopic (exact) mass is 328 g/mol. The number of halogens is 2. The summed E-state index contributed by atoms with van der Waals surface area (Å²) in [7, 11) is 0. The third-order valence-electron chi connectivity index (χ3n) is 1.29. The summed E-state index contributed by atoms with van der Waals surface area (Å²) in [6.45, 7) is 2.47. The quantitative estimate of drug-likeness (QED) is 0.480. The van der Waals surface area contributed by atoms with Crippen molar-refractivity contribution in [3.63, 3.8) is 0 Å². The summed E-state index contributed by atoms with van der Waals surface area (Å²) in [6, 6.07) is 9.46. The van der Waals surface area contributed by atoms with Gasteiger partial charge in [-0.1, -0.05) is 29.3 Å². The molecule has 0 N–H and O–H groups in total. The van der Waals surface area contributed by atoms with Crippen LogP contribution in [0.5, 0.6) is 5.75 Å². The molecule has 1 aromatic carbocycles. The van der Waals surface area contributed by atoms with Crippen molar-refractivity contribution in [2.24, 2.45) is 0 Å². The van der Waals surface area contributed by atoms with E-state index in [4.69, 9.17) is 19.9 Å². The number of hydrogen-bond donors (Lipinski definition) is 0. The lowest BCUT2D eigenvalue weighted by Gasteiger charge is -2.17. The molecule has 2 nitrogen and oxygen atoms in total. The van der Waals surface area contributed by atoms with Crippen LogP contribution >= 0.6 is 32.9 Å². The number of benzene rings is 1. The Hall–Kier alpha value is 0.217. The van der Waals surface area contributed by atoms with Gasteiger partial charge in [0.2, 0.25) is 0 Å². The maximum Gasteiger partial charge on any atom is 0.575 e. The van der Waals surface area contributed by atoms with Crippen molar-refractivity contribution in [1.29, 1.82) is 0 Å². The summed E-state index contributed by atoms with van der Waals surface area (Å²) in [6.07, 6.45) is 0. The normalized spacial score (nSPS) is 15.0. The van der Waals surface area contributed by atoms with Gasteiger partial charge in [0, 0.05) is 6.61 Å². The fraction of sp³-hybridized carbons (Fsp3) is 0.250. The standard InChI is InChI=1S/C8H10ClIO2Si/c1-2-11-13(9,10)12-8-6-4-3-5-7-8/h3-7H,2H2,1H3. The lowest BCUT2D eigenvalue weighted by molar-refractivity contribution is 0.296. The summed E-state index contributed by atoms with van der Waals surface area (Å²) in [5.74, 6) is 0.756. The maximum absolute atomic E-state index is 6.05. The van der Waals surface area contributed by atoms with Crippen LogP contribution in [0.15, 0.2) is 30.3 Å². The van der Waals surface area contributed by atoms with Gasteiger partial charge >= 0.3 is 5.37 Å². The molecule has 1 aromatic rings. The first-order chi connectivity index (χ1) is 6.14. The number of rotatable bonds is 4. The van der Waals surface area contributed by atoms with Crippen molar-refractivity contribution in [3.05, 3.63) is 30.3 Å². The first kappa shape index (κ1) is 11.3. The van der Waals surface area contributed by atoms with Crippen LogP contribution in [-0.4, -0.2) is 12.0 Å². The van der Waals surface area contributed by atoms with Crippen LogP contribution in [0.4, 0.5) is 0 Å². The molecule has 0 aliphatic heterocycles. The zero-order chi connectivity index (χ0) is 9.73. The summed E-state index contributed by atoms with van der Waals surface area (Å²) in [5, 5.41) is -2.50. The predicted octanol–water partition coefficient (Wildman–Crippen LogP) is 3.21. The van der Waals surface area contributed by atoms with E-state index >= 15 is 0 Å². The maximum atomic E-state index is 6.05. The average molecular weight is 329 g/mol. The van der Waals surface area contributed by atoms with Gasteiger partial charge < -0.3 is 8.85 Å². The van der Waals surface area contributed by atoms with E-state index in [1.807, 2.05) is 59.1 Å². The van der Waals surface area contributed by atoms with Crippen molar-refractivity contribution in [2.45, 2.75) is 6.92 Å². The molecule has 5 heteroatoms. The van der Waals surface area contributed by atoms with Gasteiger partial charge in [-0.25, -0.2) is 0 Å². The molecular weight excluding hydrogens is 319 g/mol. The Kier molecular flexibility index (Phi) is 4.50. The summed E-state index contributed by atoms with van der Waals surface area (Å²) < 4.78 is 10.8. The second kappa shape index (κ2) is 5.19. The van der Waals surface area contributed by atoms with Gasteiger partial charge in [0.15, 0.2) is 0 Å². The van der Waals surface area contributed by atoms with Gasteiger partial charge in [-0.15, -0.1) is 0 Å². The van der Waals surface area contributed by atoms with Crippen LogP contribution in [0.3, 0.4) is 0 Å². The smallest absolute Gasteiger partial charge is 0.503 e. The van der Waals surface area contributed by atoms with Crippen molar-refractivity contribution in [2.75, 3.05) is 6.61 Å². The zero-order valence-corrected chi connectivity index (χ0v) is 11.1. The third-order valence-corrected chi connectivity index (χ3v) is 4.54. The Morgan fingerprint density at radius 1 is 1.38 bits per heavy atom. The molecule has 72 valence electrons. The molecule has 1 rings (SSSR count). The Labute approximate surface area is 96.4 Å². The van der Waals surface area contributed by atoms with Gasteiger partial charge in [-0.2, -0.15) is 0 Å². The highest BCUT2D eigenvalue weighted by atomic mass is 127. The molecule has 0 aliphatic carbocycles. The van der Waals surface area contributed by atoms with Crippen LogP contribution in [0.25, 0.3) is 0 Å². The first-order valence-corrected chi connectivity index (χ1v) is 9.84. The minimum Gasteiger partial charge on any atom is -0.503 e. The van der Waals surface area contributed by atoms with Crippen LogP contribution in [0, 0.1) is 0 Å². The topological polar surface area (TPSA) is 18.5 Å². The molecule has 0 aliphatic rings. The van der Waals surface area contributed by atoms with E-state index < -0.39 is 5.37 Å². The largest absolute Gasteiger partial charge is 0.575 e. The predicted molar refractivity (Wildman–Crippen MR) is 64.3 cm³/mol. The van der Waals surface area contributed by atoms with Gasteiger partial charge in [-0.3, -0.25) is 0 Å². The molecule has 0 fully saturated rings. The SMILES string of the molecule is CCO[Si](Cl)(I)Oc1ccccc1. The Morgan fingerprint density at radius 3 is 2.54 bits per heavy atom.